The molecule has 1 atom stereocenters. The van der Waals surface area contributed by atoms with E-state index >= 15 is 0 Å². The number of methoxy groups -OCH3 is 1. The summed E-state index contributed by atoms with van der Waals surface area (Å²) in [4.78, 5) is 2.21. The summed E-state index contributed by atoms with van der Waals surface area (Å²) in [5.41, 5.74) is 8.13. The van der Waals surface area contributed by atoms with Crippen molar-refractivity contribution < 1.29 is 4.74 Å². The number of benzene rings is 1. The van der Waals surface area contributed by atoms with Crippen molar-refractivity contribution in [2.75, 3.05) is 31.7 Å². The van der Waals surface area contributed by atoms with Crippen LogP contribution in [0.2, 0.25) is 0 Å². The zero-order chi connectivity index (χ0) is 13.5. The van der Waals surface area contributed by atoms with Gasteiger partial charge in [0.2, 0.25) is 0 Å². The highest BCUT2D eigenvalue weighted by atomic mass is 79.9. The number of halogens is 1. The van der Waals surface area contributed by atoms with E-state index in [1.54, 1.807) is 7.11 Å². The summed E-state index contributed by atoms with van der Waals surface area (Å²) in [6.45, 7) is 8.08. The van der Waals surface area contributed by atoms with E-state index in [2.05, 4.69) is 45.6 Å². The second-order valence-corrected chi connectivity index (χ2v) is 5.08. The highest BCUT2D eigenvalue weighted by molar-refractivity contribution is 9.10. The topological polar surface area (TPSA) is 38.5 Å². The second kappa shape index (κ2) is 7.56. The van der Waals surface area contributed by atoms with Crippen molar-refractivity contribution in [2.24, 2.45) is 5.73 Å². The number of anilines is 1. The summed E-state index contributed by atoms with van der Waals surface area (Å²) >= 11 is 3.61. The van der Waals surface area contributed by atoms with Gasteiger partial charge in [0.1, 0.15) is 0 Å². The molecule has 0 spiro atoms. The number of nitrogens with two attached hydrogens (primary N) is 1. The van der Waals surface area contributed by atoms with Crippen LogP contribution < -0.4 is 10.6 Å². The monoisotopic (exact) mass is 312 g/mol. The van der Waals surface area contributed by atoms with E-state index in [9.17, 15) is 0 Å². The number of hydrogen-bond acceptors (Lipinski definition) is 3. The van der Waals surface area contributed by atoms with E-state index in [1.807, 2.05) is 13.0 Å². The third kappa shape index (κ3) is 4.12. The lowest BCUT2D eigenvalue weighted by molar-refractivity contribution is 0.205. The van der Waals surface area contributed by atoms with Gasteiger partial charge < -0.3 is 15.4 Å². The summed E-state index contributed by atoms with van der Waals surface area (Å²) in [7, 11) is 1.71. The molecule has 1 aromatic carbocycles. The van der Waals surface area contributed by atoms with Crippen molar-refractivity contribution in [3.05, 3.63) is 40.9 Å². The van der Waals surface area contributed by atoms with E-state index in [4.69, 9.17) is 10.5 Å². The predicted octanol–water partition coefficient (Wildman–Crippen LogP) is 3.11. The Morgan fingerprint density at radius 1 is 1.56 bits per heavy atom. The molecule has 0 saturated carbocycles. The maximum absolute atomic E-state index is 5.88. The van der Waals surface area contributed by atoms with E-state index in [-0.39, 0.29) is 6.04 Å². The van der Waals surface area contributed by atoms with Crippen LogP contribution in [0.15, 0.2) is 35.3 Å². The molecule has 0 radical (unpaired) electrons. The van der Waals surface area contributed by atoms with Crippen molar-refractivity contribution in [1.82, 2.24) is 0 Å². The Labute approximate surface area is 118 Å². The average molecular weight is 313 g/mol. The van der Waals surface area contributed by atoms with Gasteiger partial charge in [-0.1, -0.05) is 12.1 Å². The first-order valence-corrected chi connectivity index (χ1v) is 6.79. The van der Waals surface area contributed by atoms with Crippen LogP contribution in [0, 0.1) is 0 Å². The van der Waals surface area contributed by atoms with Gasteiger partial charge in [-0.3, -0.25) is 0 Å². The van der Waals surface area contributed by atoms with Crippen LogP contribution in [0.1, 0.15) is 18.5 Å². The second-order valence-electron chi connectivity index (χ2n) is 4.23. The smallest absolute Gasteiger partial charge is 0.0637 e. The van der Waals surface area contributed by atoms with Crippen molar-refractivity contribution in [3.8, 4) is 0 Å². The molecule has 0 amide bonds. The number of rotatable bonds is 7. The SMILES string of the molecule is C=CCN(CCOC)c1ccc([C@@H](C)N)cc1Br. The molecule has 1 rings (SSSR count). The van der Waals surface area contributed by atoms with Crippen molar-refractivity contribution in [3.63, 3.8) is 0 Å². The molecule has 0 aliphatic heterocycles. The van der Waals surface area contributed by atoms with Gasteiger partial charge in [-0.25, -0.2) is 0 Å². The van der Waals surface area contributed by atoms with Crippen LogP contribution in [0.5, 0.6) is 0 Å². The fourth-order valence-electron chi connectivity index (χ4n) is 1.73. The van der Waals surface area contributed by atoms with Gasteiger partial charge in [0.15, 0.2) is 0 Å². The fourth-order valence-corrected chi connectivity index (χ4v) is 2.38. The van der Waals surface area contributed by atoms with E-state index in [0.29, 0.717) is 6.61 Å². The van der Waals surface area contributed by atoms with Crippen molar-refractivity contribution in [1.29, 1.82) is 0 Å². The zero-order valence-corrected chi connectivity index (χ0v) is 12.6. The number of nitrogens with zero attached hydrogens (tertiary/aromatic N) is 1. The van der Waals surface area contributed by atoms with Crippen LogP contribution in [-0.2, 0) is 4.74 Å². The standard InChI is InChI=1S/C14H21BrN2O/c1-4-7-17(8-9-18-3)14-6-5-12(11(2)16)10-13(14)15/h4-6,10-11H,1,7-9,16H2,2-3H3/t11-/m1/s1. The lowest BCUT2D eigenvalue weighted by Crippen LogP contribution is -2.27. The summed E-state index contributed by atoms with van der Waals surface area (Å²) in [6, 6.07) is 6.26. The van der Waals surface area contributed by atoms with Gasteiger partial charge in [0, 0.05) is 30.7 Å². The summed E-state index contributed by atoms with van der Waals surface area (Å²) in [6.07, 6.45) is 1.89. The third-order valence-corrected chi connectivity index (χ3v) is 3.39. The summed E-state index contributed by atoms with van der Waals surface area (Å²) in [5.74, 6) is 0. The maximum atomic E-state index is 5.88. The molecular weight excluding hydrogens is 292 g/mol. The fraction of sp³-hybridized carbons (Fsp3) is 0.429. The van der Waals surface area contributed by atoms with E-state index in [1.165, 1.54) is 0 Å². The molecule has 0 fully saturated rings. The predicted molar refractivity (Wildman–Crippen MR) is 81.0 cm³/mol. The van der Waals surface area contributed by atoms with Gasteiger partial charge in [-0.15, -0.1) is 6.58 Å². The molecule has 0 saturated heterocycles. The average Bonchev–Trinajstić information content (AvgIpc) is 2.34. The van der Waals surface area contributed by atoms with Crippen LogP contribution in [-0.4, -0.2) is 26.8 Å². The molecular formula is C14H21BrN2O. The largest absolute Gasteiger partial charge is 0.383 e. The molecule has 100 valence electrons. The van der Waals surface area contributed by atoms with Gasteiger partial charge in [-0.05, 0) is 40.5 Å². The minimum absolute atomic E-state index is 0.0437. The lowest BCUT2D eigenvalue weighted by Gasteiger charge is -2.25. The quantitative estimate of drug-likeness (QED) is 0.786. The van der Waals surface area contributed by atoms with Crippen molar-refractivity contribution in [2.45, 2.75) is 13.0 Å². The molecule has 0 aliphatic rings. The van der Waals surface area contributed by atoms with Gasteiger partial charge in [0.05, 0.1) is 12.3 Å². The van der Waals surface area contributed by atoms with Crippen LogP contribution in [0.4, 0.5) is 5.69 Å². The highest BCUT2D eigenvalue weighted by Crippen LogP contribution is 2.28. The first kappa shape index (κ1) is 15.2. The molecule has 1 aromatic rings. The summed E-state index contributed by atoms with van der Waals surface area (Å²) in [5, 5.41) is 0. The molecule has 0 heterocycles. The Morgan fingerprint density at radius 3 is 2.78 bits per heavy atom. The third-order valence-electron chi connectivity index (χ3n) is 2.75. The summed E-state index contributed by atoms with van der Waals surface area (Å²) < 4.78 is 6.18. The highest BCUT2D eigenvalue weighted by Gasteiger charge is 2.10. The van der Waals surface area contributed by atoms with Gasteiger partial charge in [0.25, 0.3) is 0 Å². The molecule has 0 bridgehead atoms. The molecule has 0 aliphatic carbocycles. The Morgan fingerprint density at radius 2 is 2.28 bits per heavy atom. The minimum Gasteiger partial charge on any atom is -0.383 e. The number of hydrogen-bond donors (Lipinski definition) is 1. The molecule has 0 aromatic heterocycles. The van der Waals surface area contributed by atoms with E-state index < -0.39 is 0 Å². The van der Waals surface area contributed by atoms with E-state index in [0.717, 1.165) is 28.8 Å². The van der Waals surface area contributed by atoms with Gasteiger partial charge >= 0.3 is 0 Å². The number of ether oxygens (including phenoxy) is 1. The van der Waals surface area contributed by atoms with Crippen LogP contribution >= 0.6 is 15.9 Å². The van der Waals surface area contributed by atoms with Gasteiger partial charge in [-0.2, -0.15) is 0 Å². The first-order valence-electron chi connectivity index (χ1n) is 6.00. The molecule has 4 heteroatoms. The molecule has 0 unspecified atom stereocenters. The lowest BCUT2D eigenvalue weighted by atomic mass is 10.1. The van der Waals surface area contributed by atoms with Crippen molar-refractivity contribution >= 4 is 21.6 Å². The Kier molecular flexibility index (Phi) is 6.39. The molecule has 18 heavy (non-hydrogen) atoms. The van der Waals surface area contributed by atoms with Crippen LogP contribution in [0.3, 0.4) is 0 Å². The molecule has 2 N–H and O–H groups in total. The van der Waals surface area contributed by atoms with Crippen LogP contribution in [0.25, 0.3) is 0 Å². The minimum atomic E-state index is 0.0437. The Bertz CT molecular complexity index is 393. The Balaban J connectivity index is 2.93. The normalized spacial score (nSPS) is 12.2. The molecule has 3 nitrogen and oxygen atoms in total. The zero-order valence-electron chi connectivity index (χ0n) is 11.0. The Hall–Kier alpha value is -0.840. The first-order chi connectivity index (χ1) is 8.60. The maximum Gasteiger partial charge on any atom is 0.0637 e.